The zero-order chi connectivity index (χ0) is 9.10. The molecule has 2 rings (SSSR count). The van der Waals surface area contributed by atoms with Gasteiger partial charge in [-0.25, -0.2) is 0 Å². The van der Waals surface area contributed by atoms with Crippen LogP contribution in [0.4, 0.5) is 0 Å². The van der Waals surface area contributed by atoms with Gasteiger partial charge in [0, 0.05) is 12.5 Å². The van der Waals surface area contributed by atoms with E-state index in [-0.39, 0.29) is 5.92 Å². The van der Waals surface area contributed by atoms with Gasteiger partial charge in [-0.3, -0.25) is 0 Å². The van der Waals surface area contributed by atoms with Crippen molar-refractivity contribution in [2.75, 3.05) is 13.2 Å². The van der Waals surface area contributed by atoms with Crippen molar-refractivity contribution < 1.29 is 14.3 Å². The Morgan fingerprint density at radius 2 is 2.46 bits per heavy atom. The summed E-state index contributed by atoms with van der Waals surface area (Å²) in [6, 6.07) is 3.60. The van der Waals surface area contributed by atoms with Crippen LogP contribution in [-0.4, -0.2) is 18.3 Å². The molecule has 1 aromatic heterocycles. The third-order valence-electron chi connectivity index (χ3n) is 2.48. The van der Waals surface area contributed by atoms with Gasteiger partial charge in [0.15, 0.2) is 0 Å². The summed E-state index contributed by atoms with van der Waals surface area (Å²) in [4.78, 5) is 0. The Hall–Kier alpha value is -0.800. The van der Waals surface area contributed by atoms with Crippen molar-refractivity contribution >= 4 is 0 Å². The molecule has 1 aromatic rings. The average Bonchev–Trinajstić information content (AvgIpc) is 2.71. The molecule has 0 aliphatic carbocycles. The molecule has 0 radical (unpaired) electrons. The zero-order valence-corrected chi connectivity index (χ0v) is 7.48. The molecule has 1 saturated heterocycles. The fourth-order valence-corrected chi connectivity index (χ4v) is 1.71. The SMILES string of the molecule is OC(c1ccco1)C1CCCOC1. The Labute approximate surface area is 77.3 Å². The summed E-state index contributed by atoms with van der Waals surface area (Å²) in [6.45, 7) is 1.46. The van der Waals surface area contributed by atoms with Crippen molar-refractivity contribution in [2.45, 2.75) is 18.9 Å². The second-order valence-corrected chi connectivity index (χ2v) is 3.44. The van der Waals surface area contributed by atoms with E-state index in [1.807, 2.05) is 0 Å². The minimum Gasteiger partial charge on any atom is -0.467 e. The lowest BCUT2D eigenvalue weighted by Crippen LogP contribution is -2.23. The predicted molar refractivity (Wildman–Crippen MR) is 47.2 cm³/mol. The first-order valence-corrected chi connectivity index (χ1v) is 4.67. The second kappa shape index (κ2) is 3.94. The molecular formula is C10H14O3. The number of rotatable bonds is 2. The molecule has 1 aliphatic heterocycles. The van der Waals surface area contributed by atoms with Crippen LogP contribution in [-0.2, 0) is 4.74 Å². The van der Waals surface area contributed by atoms with Gasteiger partial charge in [-0.2, -0.15) is 0 Å². The van der Waals surface area contributed by atoms with E-state index in [1.165, 1.54) is 0 Å². The molecular weight excluding hydrogens is 168 g/mol. The molecule has 72 valence electrons. The van der Waals surface area contributed by atoms with Crippen molar-refractivity contribution in [3.05, 3.63) is 24.2 Å². The highest BCUT2D eigenvalue weighted by Gasteiger charge is 2.25. The number of furan rings is 1. The van der Waals surface area contributed by atoms with Crippen LogP contribution in [0.5, 0.6) is 0 Å². The summed E-state index contributed by atoms with van der Waals surface area (Å²) in [5, 5.41) is 9.86. The summed E-state index contributed by atoms with van der Waals surface area (Å²) in [7, 11) is 0. The first-order chi connectivity index (χ1) is 6.38. The highest BCUT2D eigenvalue weighted by Crippen LogP contribution is 2.28. The fraction of sp³-hybridized carbons (Fsp3) is 0.600. The standard InChI is InChI=1S/C10H14O3/c11-10(9-4-2-6-13-9)8-3-1-5-12-7-8/h2,4,6,8,10-11H,1,3,5,7H2. The minimum absolute atomic E-state index is 0.194. The molecule has 2 unspecified atom stereocenters. The number of aliphatic hydroxyl groups is 1. The van der Waals surface area contributed by atoms with Gasteiger partial charge in [0.1, 0.15) is 11.9 Å². The average molecular weight is 182 g/mol. The number of aliphatic hydroxyl groups excluding tert-OH is 1. The van der Waals surface area contributed by atoms with Crippen molar-refractivity contribution in [2.24, 2.45) is 5.92 Å². The first-order valence-electron chi connectivity index (χ1n) is 4.67. The van der Waals surface area contributed by atoms with Gasteiger partial charge in [-0.05, 0) is 25.0 Å². The molecule has 1 fully saturated rings. The summed E-state index contributed by atoms with van der Waals surface area (Å²) in [5.74, 6) is 0.843. The number of ether oxygens (including phenoxy) is 1. The predicted octanol–water partition coefficient (Wildman–Crippen LogP) is 1.74. The molecule has 3 nitrogen and oxygen atoms in total. The molecule has 2 heterocycles. The maximum absolute atomic E-state index is 9.86. The molecule has 3 heteroatoms. The van der Waals surface area contributed by atoms with E-state index >= 15 is 0 Å². The van der Waals surface area contributed by atoms with Crippen LogP contribution in [0.15, 0.2) is 22.8 Å². The smallest absolute Gasteiger partial charge is 0.132 e. The fourth-order valence-electron chi connectivity index (χ4n) is 1.71. The van der Waals surface area contributed by atoms with Crippen LogP contribution in [0.25, 0.3) is 0 Å². The highest BCUT2D eigenvalue weighted by molar-refractivity contribution is 5.03. The largest absolute Gasteiger partial charge is 0.467 e. The van der Waals surface area contributed by atoms with Gasteiger partial charge in [0.2, 0.25) is 0 Å². The van der Waals surface area contributed by atoms with Crippen molar-refractivity contribution in [3.63, 3.8) is 0 Å². The van der Waals surface area contributed by atoms with E-state index in [0.717, 1.165) is 19.4 Å². The molecule has 0 bridgehead atoms. The molecule has 13 heavy (non-hydrogen) atoms. The summed E-state index contributed by atoms with van der Waals surface area (Å²) in [5.41, 5.74) is 0. The minimum atomic E-state index is -0.504. The van der Waals surface area contributed by atoms with Gasteiger partial charge < -0.3 is 14.3 Å². The second-order valence-electron chi connectivity index (χ2n) is 3.44. The van der Waals surface area contributed by atoms with Gasteiger partial charge in [-0.1, -0.05) is 0 Å². The van der Waals surface area contributed by atoms with Gasteiger partial charge in [0.25, 0.3) is 0 Å². The van der Waals surface area contributed by atoms with Crippen molar-refractivity contribution in [3.8, 4) is 0 Å². The molecule has 0 spiro atoms. The Morgan fingerprint density at radius 3 is 3.08 bits per heavy atom. The first kappa shape index (κ1) is 8.78. The van der Waals surface area contributed by atoms with Crippen LogP contribution >= 0.6 is 0 Å². The Bertz CT molecular complexity index is 237. The van der Waals surface area contributed by atoms with Crippen molar-refractivity contribution in [1.82, 2.24) is 0 Å². The van der Waals surface area contributed by atoms with E-state index < -0.39 is 6.10 Å². The van der Waals surface area contributed by atoms with Crippen molar-refractivity contribution in [1.29, 1.82) is 0 Å². The van der Waals surface area contributed by atoms with Crippen LogP contribution in [0.1, 0.15) is 24.7 Å². The zero-order valence-electron chi connectivity index (χ0n) is 7.48. The van der Waals surface area contributed by atoms with E-state index in [0.29, 0.717) is 12.4 Å². The summed E-state index contributed by atoms with van der Waals surface area (Å²) < 4.78 is 10.4. The Morgan fingerprint density at radius 1 is 1.54 bits per heavy atom. The number of hydrogen-bond donors (Lipinski definition) is 1. The number of hydrogen-bond acceptors (Lipinski definition) is 3. The molecule has 1 aliphatic rings. The summed E-state index contributed by atoms with van der Waals surface area (Å²) in [6.07, 6.45) is 3.13. The van der Waals surface area contributed by atoms with Gasteiger partial charge in [0.05, 0.1) is 12.9 Å². The Balaban J connectivity index is 1.99. The monoisotopic (exact) mass is 182 g/mol. The highest BCUT2D eigenvalue weighted by atomic mass is 16.5. The molecule has 0 aromatic carbocycles. The molecule has 0 saturated carbocycles. The maximum Gasteiger partial charge on any atom is 0.132 e. The molecule has 1 N–H and O–H groups in total. The molecule has 0 amide bonds. The van der Waals surface area contributed by atoms with E-state index in [1.54, 1.807) is 18.4 Å². The third kappa shape index (κ3) is 1.92. The van der Waals surface area contributed by atoms with E-state index in [9.17, 15) is 5.11 Å². The van der Waals surface area contributed by atoms with Gasteiger partial charge >= 0.3 is 0 Å². The van der Waals surface area contributed by atoms with E-state index in [2.05, 4.69) is 0 Å². The lowest BCUT2D eigenvalue weighted by atomic mass is 9.94. The van der Waals surface area contributed by atoms with Gasteiger partial charge in [-0.15, -0.1) is 0 Å². The van der Waals surface area contributed by atoms with Crippen LogP contribution < -0.4 is 0 Å². The Kier molecular flexibility index (Phi) is 2.66. The lowest BCUT2D eigenvalue weighted by molar-refractivity contribution is -0.0178. The third-order valence-corrected chi connectivity index (χ3v) is 2.48. The van der Waals surface area contributed by atoms with E-state index in [4.69, 9.17) is 9.15 Å². The quantitative estimate of drug-likeness (QED) is 0.757. The lowest BCUT2D eigenvalue weighted by Gasteiger charge is -2.25. The van der Waals surface area contributed by atoms with Crippen LogP contribution in [0, 0.1) is 5.92 Å². The normalized spacial score (nSPS) is 25.8. The van der Waals surface area contributed by atoms with Crippen LogP contribution in [0.3, 0.4) is 0 Å². The van der Waals surface area contributed by atoms with Crippen LogP contribution in [0.2, 0.25) is 0 Å². The topological polar surface area (TPSA) is 42.6 Å². The molecule has 2 atom stereocenters. The summed E-state index contributed by atoms with van der Waals surface area (Å²) >= 11 is 0. The maximum atomic E-state index is 9.86.